The summed E-state index contributed by atoms with van der Waals surface area (Å²) in [7, 11) is 0. The molecule has 1 aliphatic rings. The van der Waals surface area contributed by atoms with Gasteiger partial charge in [-0.25, -0.2) is 0 Å². The molecular formula is C10H10ClNO3. The van der Waals surface area contributed by atoms with E-state index >= 15 is 0 Å². The van der Waals surface area contributed by atoms with E-state index in [9.17, 15) is 10.1 Å². The molecule has 2 rings (SSSR count). The Kier molecular flexibility index (Phi) is 2.12. The van der Waals surface area contributed by atoms with Crippen molar-refractivity contribution in [1.29, 1.82) is 0 Å². The Hall–Kier alpha value is -1.29. The van der Waals surface area contributed by atoms with Gasteiger partial charge in [0, 0.05) is 23.1 Å². The highest BCUT2D eigenvalue weighted by Gasteiger charge is 2.35. The summed E-state index contributed by atoms with van der Waals surface area (Å²) in [5, 5.41) is 11.2. The average molecular weight is 228 g/mol. The minimum absolute atomic E-state index is 0.0527. The molecule has 1 aliphatic heterocycles. The van der Waals surface area contributed by atoms with Crippen LogP contribution in [0.25, 0.3) is 0 Å². The molecule has 0 N–H and O–H groups in total. The largest absolute Gasteiger partial charge is 0.480 e. The van der Waals surface area contributed by atoms with Crippen molar-refractivity contribution >= 4 is 17.3 Å². The second-order valence-corrected chi connectivity index (χ2v) is 4.65. The third-order valence-electron chi connectivity index (χ3n) is 2.30. The zero-order valence-electron chi connectivity index (χ0n) is 8.41. The van der Waals surface area contributed by atoms with Crippen molar-refractivity contribution < 1.29 is 9.66 Å². The van der Waals surface area contributed by atoms with Gasteiger partial charge < -0.3 is 4.74 Å². The summed E-state index contributed by atoms with van der Waals surface area (Å²) in [4.78, 5) is 10.3. The number of rotatable bonds is 1. The number of benzene rings is 1. The highest BCUT2D eigenvalue weighted by Crippen LogP contribution is 2.43. The molecule has 1 heterocycles. The lowest BCUT2D eigenvalue weighted by molar-refractivity contribution is -0.386. The summed E-state index contributed by atoms with van der Waals surface area (Å²) < 4.78 is 5.54. The van der Waals surface area contributed by atoms with Gasteiger partial charge in [0.05, 0.1) is 4.92 Å². The van der Waals surface area contributed by atoms with Gasteiger partial charge in [0.25, 0.3) is 0 Å². The molecule has 0 bridgehead atoms. The number of halogens is 1. The molecule has 0 radical (unpaired) electrons. The topological polar surface area (TPSA) is 52.4 Å². The standard InChI is InChI=1S/C10H10ClNO3/c1-10(2)5-6-3-7(11)4-8(12(13)14)9(6)15-10/h3-4H,5H2,1-2H3. The van der Waals surface area contributed by atoms with E-state index in [0.29, 0.717) is 17.2 Å². The third kappa shape index (κ3) is 1.77. The van der Waals surface area contributed by atoms with Crippen molar-refractivity contribution in [2.45, 2.75) is 25.9 Å². The normalized spacial score (nSPS) is 17.0. The first-order valence-corrected chi connectivity index (χ1v) is 4.93. The second-order valence-electron chi connectivity index (χ2n) is 4.21. The summed E-state index contributed by atoms with van der Waals surface area (Å²) in [6.07, 6.45) is 0.643. The van der Waals surface area contributed by atoms with Crippen LogP contribution in [-0.2, 0) is 6.42 Å². The molecule has 0 unspecified atom stereocenters. The lowest BCUT2D eigenvalue weighted by Crippen LogP contribution is -2.24. The molecule has 0 aromatic heterocycles. The van der Waals surface area contributed by atoms with Crippen LogP contribution in [0.3, 0.4) is 0 Å². The highest BCUT2D eigenvalue weighted by molar-refractivity contribution is 6.31. The van der Waals surface area contributed by atoms with Gasteiger partial charge in [-0.05, 0) is 19.9 Å². The smallest absolute Gasteiger partial charge is 0.312 e. The fourth-order valence-electron chi connectivity index (χ4n) is 1.79. The highest BCUT2D eigenvalue weighted by atomic mass is 35.5. The molecular weight excluding hydrogens is 218 g/mol. The van der Waals surface area contributed by atoms with Crippen molar-refractivity contribution in [3.63, 3.8) is 0 Å². The number of hydrogen-bond donors (Lipinski definition) is 0. The van der Waals surface area contributed by atoms with Gasteiger partial charge in [-0.15, -0.1) is 0 Å². The first-order chi connectivity index (χ1) is 6.89. The van der Waals surface area contributed by atoms with Crippen LogP contribution in [0.2, 0.25) is 5.02 Å². The minimum Gasteiger partial charge on any atom is -0.480 e. The molecule has 0 spiro atoms. The average Bonchev–Trinajstić information content (AvgIpc) is 2.36. The summed E-state index contributed by atoms with van der Waals surface area (Å²) in [6, 6.07) is 3.04. The van der Waals surface area contributed by atoms with E-state index in [0.717, 1.165) is 5.56 Å². The monoisotopic (exact) mass is 227 g/mol. The summed E-state index contributed by atoms with van der Waals surface area (Å²) in [5.74, 6) is 0.356. The van der Waals surface area contributed by atoms with Crippen LogP contribution in [0.1, 0.15) is 19.4 Å². The van der Waals surface area contributed by atoms with Crippen LogP contribution in [-0.4, -0.2) is 10.5 Å². The SMILES string of the molecule is CC1(C)Cc2cc(Cl)cc([N+](=O)[O-])c2O1. The number of nitro benzene ring substituents is 1. The van der Waals surface area contributed by atoms with Gasteiger partial charge in [0.1, 0.15) is 5.60 Å². The van der Waals surface area contributed by atoms with E-state index in [-0.39, 0.29) is 5.69 Å². The summed E-state index contributed by atoms with van der Waals surface area (Å²) >= 11 is 5.81. The van der Waals surface area contributed by atoms with Crippen molar-refractivity contribution in [3.8, 4) is 5.75 Å². The Morgan fingerprint density at radius 2 is 2.20 bits per heavy atom. The van der Waals surface area contributed by atoms with Crippen LogP contribution < -0.4 is 4.74 Å². The van der Waals surface area contributed by atoms with Crippen molar-refractivity contribution in [3.05, 3.63) is 32.8 Å². The Labute approximate surface area is 92.0 Å². The molecule has 1 aromatic rings. The maximum atomic E-state index is 10.8. The Morgan fingerprint density at radius 3 is 2.80 bits per heavy atom. The fourth-order valence-corrected chi connectivity index (χ4v) is 2.03. The lowest BCUT2D eigenvalue weighted by atomic mass is 10.0. The van der Waals surface area contributed by atoms with Crippen molar-refractivity contribution in [2.75, 3.05) is 0 Å². The van der Waals surface area contributed by atoms with E-state index < -0.39 is 10.5 Å². The van der Waals surface area contributed by atoms with Gasteiger partial charge in [-0.2, -0.15) is 0 Å². The van der Waals surface area contributed by atoms with Gasteiger partial charge in [0.15, 0.2) is 0 Å². The molecule has 80 valence electrons. The van der Waals surface area contributed by atoms with E-state index in [1.807, 2.05) is 13.8 Å². The van der Waals surface area contributed by atoms with Gasteiger partial charge in [-0.3, -0.25) is 10.1 Å². The van der Waals surface area contributed by atoms with Crippen LogP contribution in [0, 0.1) is 10.1 Å². The maximum absolute atomic E-state index is 10.8. The van der Waals surface area contributed by atoms with E-state index in [1.165, 1.54) is 6.07 Å². The first-order valence-electron chi connectivity index (χ1n) is 4.55. The number of nitro groups is 1. The summed E-state index contributed by atoms with van der Waals surface area (Å²) in [6.45, 7) is 3.79. The quantitative estimate of drug-likeness (QED) is 0.548. The van der Waals surface area contributed by atoms with Crippen LogP contribution in [0.15, 0.2) is 12.1 Å². The predicted octanol–water partition coefficient (Wildman–Crippen LogP) is 2.96. The molecule has 0 saturated carbocycles. The van der Waals surface area contributed by atoms with Gasteiger partial charge in [0.2, 0.25) is 5.75 Å². The van der Waals surface area contributed by atoms with Crippen molar-refractivity contribution in [1.82, 2.24) is 0 Å². The lowest BCUT2D eigenvalue weighted by Gasteiger charge is -2.16. The van der Waals surface area contributed by atoms with E-state index in [1.54, 1.807) is 6.07 Å². The molecule has 5 heteroatoms. The summed E-state index contributed by atoms with van der Waals surface area (Å²) in [5.41, 5.74) is 0.361. The molecule has 0 amide bonds. The molecule has 15 heavy (non-hydrogen) atoms. The maximum Gasteiger partial charge on any atom is 0.312 e. The Balaban J connectivity index is 2.58. The zero-order chi connectivity index (χ0) is 11.2. The molecule has 1 aromatic carbocycles. The molecule has 0 atom stereocenters. The van der Waals surface area contributed by atoms with E-state index in [2.05, 4.69) is 0 Å². The third-order valence-corrected chi connectivity index (χ3v) is 2.52. The number of nitrogens with zero attached hydrogens (tertiary/aromatic N) is 1. The van der Waals surface area contributed by atoms with Crippen LogP contribution >= 0.6 is 11.6 Å². The van der Waals surface area contributed by atoms with E-state index in [4.69, 9.17) is 16.3 Å². The molecule has 0 saturated heterocycles. The molecule has 0 fully saturated rings. The number of ether oxygens (including phenoxy) is 1. The van der Waals surface area contributed by atoms with Crippen LogP contribution in [0.5, 0.6) is 5.75 Å². The van der Waals surface area contributed by atoms with Crippen molar-refractivity contribution in [2.24, 2.45) is 0 Å². The Morgan fingerprint density at radius 1 is 1.53 bits per heavy atom. The molecule has 0 aliphatic carbocycles. The number of fused-ring (bicyclic) bond motifs is 1. The zero-order valence-corrected chi connectivity index (χ0v) is 9.17. The molecule has 4 nitrogen and oxygen atoms in total. The van der Waals surface area contributed by atoms with Gasteiger partial charge >= 0.3 is 5.69 Å². The minimum atomic E-state index is -0.466. The van der Waals surface area contributed by atoms with Gasteiger partial charge in [-0.1, -0.05) is 11.6 Å². The fraction of sp³-hybridized carbons (Fsp3) is 0.400. The van der Waals surface area contributed by atoms with Crippen LogP contribution in [0.4, 0.5) is 5.69 Å². The predicted molar refractivity (Wildman–Crippen MR) is 56.5 cm³/mol. The number of hydrogen-bond acceptors (Lipinski definition) is 3. The first kappa shape index (κ1) is 10.2. The Bertz CT molecular complexity index is 443. The second kappa shape index (κ2) is 3.10.